The van der Waals surface area contributed by atoms with Gasteiger partial charge in [0.25, 0.3) is 0 Å². The van der Waals surface area contributed by atoms with Crippen LogP contribution in [0.25, 0.3) is 0 Å². The van der Waals surface area contributed by atoms with Crippen molar-refractivity contribution in [1.29, 1.82) is 0 Å². The van der Waals surface area contributed by atoms with Crippen molar-refractivity contribution in [3.63, 3.8) is 0 Å². The Morgan fingerprint density at radius 3 is 2.39 bits per heavy atom. The molecule has 2 aromatic rings. The third kappa shape index (κ3) is 3.33. The molecule has 0 aliphatic heterocycles. The highest BCUT2D eigenvalue weighted by atomic mass is 16.3. The van der Waals surface area contributed by atoms with Crippen molar-refractivity contribution in [1.82, 2.24) is 0 Å². The lowest BCUT2D eigenvalue weighted by Crippen LogP contribution is -2.10. The minimum absolute atomic E-state index is 0.198. The van der Waals surface area contributed by atoms with Crippen molar-refractivity contribution >= 4 is 6.21 Å². The van der Waals surface area contributed by atoms with E-state index in [1.165, 1.54) is 5.56 Å². The Kier molecular flexibility index (Phi) is 3.66. The zero-order chi connectivity index (χ0) is 13.0. The smallest absolute Gasteiger partial charge is 0.125 e. The highest BCUT2D eigenvalue weighted by Gasteiger charge is 2.12. The maximum Gasteiger partial charge on any atom is 0.125 e. The molecule has 0 N–H and O–H groups in total. The predicted octanol–water partition coefficient (Wildman–Crippen LogP) is 4.20. The molecule has 1 aromatic heterocycles. The molecule has 0 atom stereocenters. The van der Waals surface area contributed by atoms with Gasteiger partial charge in [0.1, 0.15) is 5.76 Å². The molecule has 2 rings (SSSR count). The molecule has 0 aliphatic rings. The van der Waals surface area contributed by atoms with E-state index in [1.807, 2.05) is 18.3 Å². The summed E-state index contributed by atoms with van der Waals surface area (Å²) in [6, 6.07) is 12.3. The minimum Gasteiger partial charge on any atom is -0.467 e. The van der Waals surface area contributed by atoms with Gasteiger partial charge in [0.15, 0.2) is 0 Å². The van der Waals surface area contributed by atoms with E-state index in [0.717, 1.165) is 11.3 Å². The van der Waals surface area contributed by atoms with Crippen molar-refractivity contribution in [3.05, 3.63) is 59.5 Å². The average molecular weight is 241 g/mol. The molecule has 1 heterocycles. The van der Waals surface area contributed by atoms with Gasteiger partial charge < -0.3 is 4.42 Å². The number of hydrogen-bond donors (Lipinski definition) is 0. The Morgan fingerprint density at radius 1 is 1.11 bits per heavy atom. The van der Waals surface area contributed by atoms with Gasteiger partial charge in [0.05, 0.1) is 12.8 Å². The Morgan fingerprint density at radius 2 is 1.83 bits per heavy atom. The first-order valence-corrected chi connectivity index (χ1v) is 6.18. The number of hydrogen-bond acceptors (Lipinski definition) is 2. The summed E-state index contributed by atoms with van der Waals surface area (Å²) in [6.45, 7) is 7.24. The van der Waals surface area contributed by atoms with E-state index in [9.17, 15) is 0 Å². The van der Waals surface area contributed by atoms with Crippen LogP contribution in [0.15, 0.2) is 52.1 Å². The third-order valence-corrected chi connectivity index (χ3v) is 2.84. The molecule has 0 bridgehead atoms. The monoisotopic (exact) mass is 241 g/mol. The summed E-state index contributed by atoms with van der Waals surface area (Å²) in [7, 11) is 0. The fourth-order valence-corrected chi connectivity index (χ4v) is 1.71. The van der Waals surface area contributed by atoms with Gasteiger partial charge in [-0.1, -0.05) is 45.0 Å². The molecule has 94 valence electrons. The van der Waals surface area contributed by atoms with Crippen molar-refractivity contribution in [2.45, 2.75) is 32.7 Å². The second-order valence-electron chi connectivity index (χ2n) is 5.42. The van der Waals surface area contributed by atoms with Crippen LogP contribution < -0.4 is 0 Å². The number of benzene rings is 1. The maximum atomic E-state index is 5.22. The van der Waals surface area contributed by atoms with Crippen molar-refractivity contribution in [3.8, 4) is 0 Å². The predicted molar refractivity (Wildman–Crippen MR) is 75.1 cm³/mol. The molecule has 0 radical (unpaired) electrons. The second kappa shape index (κ2) is 5.21. The Balaban J connectivity index is 2.00. The normalized spacial score (nSPS) is 12.2. The molecule has 18 heavy (non-hydrogen) atoms. The van der Waals surface area contributed by atoms with E-state index in [2.05, 4.69) is 50.0 Å². The van der Waals surface area contributed by atoms with Gasteiger partial charge in [-0.25, -0.2) is 0 Å². The lowest BCUT2D eigenvalue weighted by molar-refractivity contribution is 0.513. The van der Waals surface area contributed by atoms with Crippen LogP contribution in [0.4, 0.5) is 0 Å². The van der Waals surface area contributed by atoms with Gasteiger partial charge in [-0.2, -0.15) is 0 Å². The van der Waals surface area contributed by atoms with Crippen LogP contribution in [-0.4, -0.2) is 6.21 Å². The molecular formula is C16H19NO. The Bertz CT molecular complexity index is 501. The zero-order valence-corrected chi connectivity index (χ0v) is 11.2. The minimum atomic E-state index is 0.198. The molecule has 0 amide bonds. The standard InChI is InChI=1S/C16H19NO/c1-16(2,3)14-8-6-13(7-9-14)11-17-12-15-5-4-10-18-15/h4-11H,12H2,1-3H3. The molecule has 0 saturated heterocycles. The number of nitrogens with zero attached hydrogens (tertiary/aromatic N) is 1. The van der Waals surface area contributed by atoms with Gasteiger partial charge in [0.2, 0.25) is 0 Å². The topological polar surface area (TPSA) is 25.5 Å². The first kappa shape index (κ1) is 12.6. The summed E-state index contributed by atoms with van der Waals surface area (Å²) < 4.78 is 5.22. The highest BCUT2D eigenvalue weighted by molar-refractivity contribution is 5.79. The van der Waals surface area contributed by atoms with E-state index in [-0.39, 0.29) is 5.41 Å². The van der Waals surface area contributed by atoms with E-state index < -0.39 is 0 Å². The summed E-state index contributed by atoms with van der Waals surface area (Å²) in [6.07, 6.45) is 3.55. The van der Waals surface area contributed by atoms with Gasteiger partial charge in [-0.3, -0.25) is 4.99 Å². The van der Waals surface area contributed by atoms with Crippen LogP contribution in [-0.2, 0) is 12.0 Å². The average Bonchev–Trinajstić information content (AvgIpc) is 2.82. The first-order chi connectivity index (χ1) is 8.55. The third-order valence-electron chi connectivity index (χ3n) is 2.84. The van der Waals surface area contributed by atoms with Crippen LogP contribution in [0.1, 0.15) is 37.7 Å². The van der Waals surface area contributed by atoms with Crippen molar-refractivity contribution in [2.75, 3.05) is 0 Å². The highest BCUT2D eigenvalue weighted by Crippen LogP contribution is 2.21. The molecule has 0 unspecified atom stereocenters. The molecule has 2 heteroatoms. The van der Waals surface area contributed by atoms with E-state index in [4.69, 9.17) is 4.42 Å². The van der Waals surface area contributed by atoms with Crippen LogP contribution in [0.3, 0.4) is 0 Å². The van der Waals surface area contributed by atoms with E-state index in [0.29, 0.717) is 6.54 Å². The SMILES string of the molecule is CC(C)(C)c1ccc(C=NCc2ccco2)cc1. The summed E-state index contributed by atoms with van der Waals surface area (Å²) >= 11 is 0. The van der Waals surface area contributed by atoms with Crippen LogP contribution in [0.5, 0.6) is 0 Å². The molecular weight excluding hydrogens is 222 g/mol. The number of aliphatic imine (C=N–C) groups is 1. The van der Waals surface area contributed by atoms with Gasteiger partial charge in [0, 0.05) is 6.21 Å². The number of rotatable bonds is 3. The van der Waals surface area contributed by atoms with Crippen LogP contribution in [0.2, 0.25) is 0 Å². The molecule has 2 nitrogen and oxygen atoms in total. The van der Waals surface area contributed by atoms with E-state index in [1.54, 1.807) is 6.26 Å². The van der Waals surface area contributed by atoms with Crippen molar-refractivity contribution < 1.29 is 4.42 Å². The maximum absolute atomic E-state index is 5.22. The van der Waals surface area contributed by atoms with Gasteiger partial charge >= 0.3 is 0 Å². The van der Waals surface area contributed by atoms with E-state index >= 15 is 0 Å². The lowest BCUT2D eigenvalue weighted by Gasteiger charge is -2.18. The Labute approximate surface area is 108 Å². The largest absolute Gasteiger partial charge is 0.467 e. The number of furan rings is 1. The van der Waals surface area contributed by atoms with Crippen LogP contribution in [0, 0.1) is 0 Å². The molecule has 0 fully saturated rings. The molecule has 0 spiro atoms. The quantitative estimate of drug-likeness (QED) is 0.739. The summed E-state index contributed by atoms with van der Waals surface area (Å²) in [5.74, 6) is 0.887. The lowest BCUT2D eigenvalue weighted by atomic mass is 9.87. The fourth-order valence-electron chi connectivity index (χ4n) is 1.71. The first-order valence-electron chi connectivity index (χ1n) is 6.18. The van der Waals surface area contributed by atoms with Crippen molar-refractivity contribution in [2.24, 2.45) is 4.99 Å². The van der Waals surface area contributed by atoms with Gasteiger partial charge in [-0.15, -0.1) is 0 Å². The Hall–Kier alpha value is -1.83. The molecule has 0 aliphatic carbocycles. The summed E-state index contributed by atoms with van der Waals surface area (Å²) in [5, 5.41) is 0. The fraction of sp³-hybridized carbons (Fsp3) is 0.312. The van der Waals surface area contributed by atoms with Gasteiger partial charge in [-0.05, 0) is 28.7 Å². The second-order valence-corrected chi connectivity index (χ2v) is 5.42. The summed E-state index contributed by atoms with van der Waals surface area (Å²) in [4.78, 5) is 4.36. The summed E-state index contributed by atoms with van der Waals surface area (Å²) in [5.41, 5.74) is 2.66. The molecule has 0 saturated carbocycles. The zero-order valence-electron chi connectivity index (χ0n) is 11.2. The van der Waals surface area contributed by atoms with Crippen LogP contribution >= 0.6 is 0 Å². The molecule has 1 aromatic carbocycles.